The molecule has 0 unspecified atom stereocenters. The van der Waals surface area contributed by atoms with Gasteiger partial charge >= 0.3 is 0 Å². The number of furan rings is 1. The number of benzene rings is 1. The van der Waals surface area contributed by atoms with Crippen LogP contribution in [0.1, 0.15) is 0 Å². The first-order chi connectivity index (χ1) is 5.40. The summed E-state index contributed by atoms with van der Waals surface area (Å²) in [6, 6.07) is 6.83. The third-order valence-electron chi connectivity index (χ3n) is 1.54. The summed E-state index contributed by atoms with van der Waals surface area (Å²) in [7, 11) is 0. The van der Waals surface area contributed by atoms with Crippen LogP contribution in [0, 0.1) is 4.91 Å². The molecule has 0 saturated heterocycles. The fourth-order valence-electron chi connectivity index (χ4n) is 1.01. The van der Waals surface area contributed by atoms with Gasteiger partial charge in [0, 0.05) is 5.39 Å². The molecule has 0 fully saturated rings. The van der Waals surface area contributed by atoms with E-state index in [9.17, 15) is 4.91 Å². The summed E-state index contributed by atoms with van der Waals surface area (Å²) < 4.78 is 5.07. The molecule has 0 saturated carbocycles. The van der Waals surface area contributed by atoms with Crippen molar-refractivity contribution in [1.29, 1.82) is 0 Å². The number of rotatable bonds is 1. The molecule has 0 N–H and O–H groups in total. The average molecular weight is 147 g/mol. The lowest BCUT2D eigenvalue weighted by molar-refractivity contribution is 0.616. The monoisotopic (exact) mass is 147 g/mol. The van der Waals surface area contributed by atoms with E-state index in [2.05, 4.69) is 5.18 Å². The van der Waals surface area contributed by atoms with E-state index in [0.29, 0.717) is 5.69 Å². The van der Waals surface area contributed by atoms with Gasteiger partial charge in [-0.25, -0.2) is 0 Å². The standard InChI is InChI=1S/C8H5NO2/c10-9-7-1-2-8-6(5-7)3-4-11-8/h1-5H. The molecule has 0 atom stereocenters. The molecule has 0 aliphatic carbocycles. The zero-order chi connectivity index (χ0) is 7.68. The maximum atomic E-state index is 10.1. The molecule has 11 heavy (non-hydrogen) atoms. The summed E-state index contributed by atoms with van der Waals surface area (Å²) in [6.45, 7) is 0. The quantitative estimate of drug-likeness (QED) is 0.582. The minimum absolute atomic E-state index is 0.430. The van der Waals surface area contributed by atoms with Crippen LogP contribution in [0.3, 0.4) is 0 Å². The summed E-state index contributed by atoms with van der Waals surface area (Å²) in [5.41, 5.74) is 1.20. The molecule has 3 nitrogen and oxygen atoms in total. The van der Waals surface area contributed by atoms with Crippen LogP contribution in [0.5, 0.6) is 0 Å². The van der Waals surface area contributed by atoms with E-state index < -0.39 is 0 Å². The molecule has 2 rings (SSSR count). The van der Waals surface area contributed by atoms with E-state index in [0.717, 1.165) is 11.0 Å². The zero-order valence-electron chi connectivity index (χ0n) is 5.65. The van der Waals surface area contributed by atoms with E-state index in [1.165, 1.54) is 0 Å². The maximum Gasteiger partial charge on any atom is 0.134 e. The van der Waals surface area contributed by atoms with Gasteiger partial charge in [-0.15, -0.1) is 4.91 Å². The maximum absolute atomic E-state index is 10.1. The lowest BCUT2D eigenvalue weighted by atomic mass is 10.2. The van der Waals surface area contributed by atoms with Gasteiger partial charge in [-0.05, 0) is 29.4 Å². The first-order valence-electron chi connectivity index (χ1n) is 3.21. The Bertz CT molecular complexity index is 392. The highest BCUT2D eigenvalue weighted by molar-refractivity contribution is 5.80. The number of fused-ring (bicyclic) bond motifs is 1. The molecule has 2 aromatic rings. The second kappa shape index (κ2) is 2.20. The predicted molar refractivity (Wildman–Crippen MR) is 41.7 cm³/mol. The Labute approximate surface area is 62.6 Å². The van der Waals surface area contributed by atoms with E-state index in [1.807, 2.05) is 0 Å². The van der Waals surface area contributed by atoms with Gasteiger partial charge in [0.25, 0.3) is 0 Å². The summed E-state index contributed by atoms with van der Waals surface area (Å²) >= 11 is 0. The third kappa shape index (κ3) is 0.902. The summed E-state index contributed by atoms with van der Waals surface area (Å²) in [5, 5.41) is 3.71. The van der Waals surface area contributed by atoms with Crippen molar-refractivity contribution in [2.75, 3.05) is 0 Å². The number of nitroso groups, excluding NO2 is 1. The fourth-order valence-corrected chi connectivity index (χ4v) is 1.01. The van der Waals surface area contributed by atoms with Gasteiger partial charge in [0.2, 0.25) is 0 Å². The van der Waals surface area contributed by atoms with E-state index >= 15 is 0 Å². The van der Waals surface area contributed by atoms with Crippen LogP contribution in [0.4, 0.5) is 5.69 Å². The fraction of sp³-hybridized carbons (Fsp3) is 0. The largest absolute Gasteiger partial charge is 0.464 e. The van der Waals surface area contributed by atoms with Gasteiger partial charge in [0.1, 0.15) is 11.3 Å². The SMILES string of the molecule is O=Nc1ccc2occc2c1. The van der Waals surface area contributed by atoms with Crippen molar-refractivity contribution in [3.8, 4) is 0 Å². The minimum atomic E-state index is 0.430. The molecule has 0 aliphatic heterocycles. The molecule has 0 amide bonds. The van der Waals surface area contributed by atoms with Crippen LogP contribution >= 0.6 is 0 Å². The van der Waals surface area contributed by atoms with Crippen molar-refractivity contribution in [2.24, 2.45) is 5.18 Å². The van der Waals surface area contributed by atoms with E-state index in [4.69, 9.17) is 4.42 Å². The molecule has 1 aromatic carbocycles. The molecule has 3 heteroatoms. The molecule has 0 bridgehead atoms. The first-order valence-corrected chi connectivity index (χ1v) is 3.21. The van der Waals surface area contributed by atoms with Gasteiger partial charge in [-0.3, -0.25) is 0 Å². The Kier molecular flexibility index (Phi) is 1.22. The zero-order valence-corrected chi connectivity index (χ0v) is 5.65. The van der Waals surface area contributed by atoms with Crippen molar-refractivity contribution in [2.45, 2.75) is 0 Å². The summed E-state index contributed by atoms with van der Waals surface area (Å²) in [5.74, 6) is 0. The number of nitrogens with zero attached hydrogens (tertiary/aromatic N) is 1. The van der Waals surface area contributed by atoms with Gasteiger partial charge in [0.15, 0.2) is 0 Å². The molecular weight excluding hydrogens is 142 g/mol. The normalized spacial score (nSPS) is 10.2. The van der Waals surface area contributed by atoms with Gasteiger partial charge < -0.3 is 4.42 Å². The molecular formula is C8H5NO2. The van der Waals surface area contributed by atoms with Crippen molar-refractivity contribution in [1.82, 2.24) is 0 Å². The Hall–Kier alpha value is -1.64. The Balaban J connectivity index is 2.76. The van der Waals surface area contributed by atoms with Crippen molar-refractivity contribution >= 4 is 16.7 Å². The van der Waals surface area contributed by atoms with Crippen molar-refractivity contribution < 1.29 is 4.42 Å². The Morgan fingerprint density at radius 1 is 1.27 bits per heavy atom. The second-order valence-electron chi connectivity index (χ2n) is 2.23. The van der Waals surface area contributed by atoms with Crippen LogP contribution in [-0.2, 0) is 0 Å². The molecule has 0 radical (unpaired) electrons. The topological polar surface area (TPSA) is 42.6 Å². The van der Waals surface area contributed by atoms with Crippen LogP contribution in [-0.4, -0.2) is 0 Å². The number of hydrogen-bond acceptors (Lipinski definition) is 3. The van der Waals surface area contributed by atoms with E-state index in [1.54, 1.807) is 30.5 Å². The highest BCUT2D eigenvalue weighted by Crippen LogP contribution is 2.21. The highest BCUT2D eigenvalue weighted by Gasteiger charge is 1.96. The van der Waals surface area contributed by atoms with E-state index in [-0.39, 0.29) is 0 Å². The summed E-state index contributed by atoms with van der Waals surface area (Å²) in [4.78, 5) is 10.1. The minimum Gasteiger partial charge on any atom is -0.464 e. The van der Waals surface area contributed by atoms with Crippen LogP contribution in [0.2, 0.25) is 0 Å². The lowest BCUT2D eigenvalue weighted by Crippen LogP contribution is -1.62. The third-order valence-corrected chi connectivity index (χ3v) is 1.54. The molecule has 1 heterocycles. The smallest absolute Gasteiger partial charge is 0.134 e. The molecule has 0 spiro atoms. The first kappa shape index (κ1) is 6.09. The highest BCUT2D eigenvalue weighted by atomic mass is 16.3. The molecule has 0 aliphatic rings. The van der Waals surface area contributed by atoms with Crippen LogP contribution in [0.15, 0.2) is 40.1 Å². The predicted octanol–water partition coefficient (Wildman–Crippen LogP) is 2.83. The Morgan fingerprint density at radius 2 is 2.18 bits per heavy atom. The molecule has 1 aromatic heterocycles. The average Bonchev–Trinajstić information content (AvgIpc) is 2.50. The van der Waals surface area contributed by atoms with Crippen molar-refractivity contribution in [3.63, 3.8) is 0 Å². The summed E-state index contributed by atoms with van der Waals surface area (Å²) in [6.07, 6.45) is 1.58. The van der Waals surface area contributed by atoms with Crippen LogP contribution in [0.25, 0.3) is 11.0 Å². The number of hydrogen-bond donors (Lipinski definition) is 0. The van der Waals surface area contributed by atoms with Crippen molar-refractivity contribution in [3.05, 3.63) is 35.4 Å². The Morgan fingerprint density at radius 3 is 3.00 bits per heavy atom. The lowest BCUT2D eigenvalue weighted by Gasteiger charge is -1.87. The van der Waals surface area contributed by atoms with Gasteiger partial charge in [-0.2, -0.15) is 0 Å². The van der Waals surface area contributed by atoms with Gasteiger partial charge in [-0.1, -0.05) is 0 Å². The van der Waals surface area contributed by atoms with Crippen LogP contribution < -0.4 is 0 Å². The van der Waals surface area contributed by atoms with Gasteiger partial charge in [0.05, 0.1) is 6.26 Å². The second-order valence-corrected chi connectivity index (χ2v) is 2.23. The molecule has 54 valence electrons.